The number of carbonyl (C=O) groups excluding carboxylic acids is 1. The van der Waals surface area contributed by atoms with Crippen LogP contribution in [0.1, 0.15) is 32.6 Å². The lowest BCUT2D eigenvalue weighted by atomic mass is 9.93. The monoisotopic (exact) mass is 383 g/mol. The number of halogens is 1. The van der Waals surface area contributed by atoms with Crippen LogP contribution in [0.2, 0.25) is 0 Å². The van der Waals surface area contributed by atoms with Gasteiger partial charge < -0.3 is 14.7 Å². The van der Waals surface area contributed by atoms with E-state index in [9.17, 15) is 9.59 Å². The van der Waals surface area contributed by atoms with Gasteiger partial charge in [-0.1, -0.05) is 12.1 Å². The van der Waals surface area contributed by atoms with Gasteiger partial charge in [0.25, 0.3) is 5.91 Å². The number of ether oxygens (including phenoxy) is 1. The molecule has 0 radical (unpaired) electrons. The predicted molar refractivity (Wildman–Crippen MR) is 90.4 cm³/mol. The third kappa shape index (κ3) is 5.23. The fraction of sp³-hybridized carbons (Fsp3) is 0.529. The SMILES string of the molecule is CC(Oc1ccccc1Br)C(=O)N1CCCC(CCC(=O)O)C1. The lowest BCUT2D eigenvalue weighted by molar-refractivity contribution is -0.140. The number of carbonyl (C=O) groups is 2. The first kappa shape index (κ1) is 17.8. The van der Waals surface area contributed by atoms with E-state index in [0.717, 1.165) is 17.3 Å². The van der Waals surface area contributed by atoms with Crippen LogP contribution < -0.4 is 4.74 Å². The first-order valence-corrected chi connectivity index (χ1v) is 8.68. The van der Waals surface area contributed by atoms with Gasteiger partial charge in [0, 0.05) is 19.5 Å². The molecule has 23 heavy (non-hydrogen) atoms. The van der Waals surface area contributed by atoms with Crippen molar-refractivity contribution in [3.63, 3.8) is 0 Å². The number of aliphatic carboxylic acids is 1. The maximum absolute atomic E-state index is 12.6. The summed E-state index contributed by atoms with van der Waals surface area (Å²) in [5.74, 6) is 0.0899. The third-order valence-electron chi connectivity index (χ3n) is 4.09. The third-order valence-corrected chi connectivity index (χ3v) is 4.74. The Kier molecular flexibility index (Phi) is 6.45. The van der Waals surface area contributed by atoms with E-state index in [0.29, 0.717) is 25.3 Å². The van der Waals surface area contributed by atoms with Gasteiger partial charge in [0.05, 0.1) is 4.47 Å². The molecule has 1 aromatic rings. The number of para-hydroxylation sites is 1. The first-order valence-electron chi connectivity index (χ1n) is 7.89. The predicted octanol–water partition coefficient (Wildman–Crippen LogP) is 3.32. The maximum Gasteiger partial charge on any atom is 0.303 e. The fourth-order valence-electron chi connectivity index (χ4n) is 2.87. The summed E-state index contributed by atoms with van der Waals surface area (Å²) in [5, 5.41) is 8.79. The van der Waals surface area contributed by atoms with E-state index < -0.39 is 12.1 Å². The second-order valence-corrected chi connectivity index (χ2v) is 6.77. The molecule has 0 bridgehead atoms. The van der Waals surface area contributed by atoms with E-state index in [2.05, 4.69) is 15.9 Å². The molecule has 0 spiro atoms. The summed E-state index contributed by atoms with van der Waals surface area (Å²) in [5.41, 5.74) is 0. The maximum atomic E-state index is 12.6. The Morgan fingerprint density at radius 1 is 1.43 bits per heavy atom. The van der Waals surface area contributed by atoms with Crippen molar-refractivity contribution in [3.8, 4) is 5.75 Å². The van der Waals surface area contributed by atoms with Gasteiger partial charge >= 0.3 is 5.97 Å². The van der Waals surface area contributed by atoms with Crippen LogP contribution in [0.5, 0.6) is 5.75 Å². The van der Waals surface area contributed by atoms with Crippen LogP contribution in [0.3, 0.4) is 0 Å². The molecule has 1 aromatic carbocycles. The van der Waals surface area contributed by atoms with E-state index in [-0.39, 0.29) is 18.2 Å². The van der Waals surface area contributed by atoms with Crippen LogP contribution in [0.25, 0.3) is 0 Å². The van der Waals surface area contributed by atoms with Gasteiger partial charge in [-0.15, -0.1) is 0 Å². The summed E-state index contributed by atoms with van der Waals surface area (Å²) < 4.78 is 6.58. The zero-order chi connectivity index (χ0) is 16.8. The minimum absolute atomic E-state index is 0.0409. The summed E-state index contributed by atoms with van der Waals surface area (Å²) in [6.07, 6.45) is 2.12. The van der Waals surface area contributed by atoms with Crippen LogP contribution in [-0.2, 0) is 9.59 Å². The standard InChI is InChI=1S/C17H22BrNO4/c1-12(23-15-7-3-2-6-14(15)18)17(22)19-10-4-5-13(11-19)8-9-16(20)21/h2-3,6-7,12-13H,4-5,8-11H2,1H3,(H,20,21). The molecular formula is C17H22BrNO4. The van der Waals surface area contributed by atoms with Gasteiger partial charge in [-0.3, -0.25) is 9.59 Å². The number of nitrogens with zero attached hydrogens (tertiary/aromatic N) is 1. The molecule has 0 aromatic heterocycles. The van der Waals surface area contributed by atoms with Crippen LogP contribution >= 0.6 is 15.9 Å². The molecule has 1 aliphatic rings. The number of hydrogen-bond acceptors (Lipinski definition) is 3. The van der Waals surface area contributed by atoms with Gasteiger partial charge in [-0.05, 0) is 60.2 Å². The van der Waals surface area contributed by atoms with Gasteiger partial charge in [-0.2, -0.15) is 0 Å². The molecule has 5 nitrogen and oxygen atoms in total. The molecule has 0 saturated carbocycles. The molecular weight excluding hydrogens is 362 g/mol. The van der Waals surface area contributed by atoms with Gasteiger partial charge in [0.2, 0.25) is 0 Å². The zero-order valence-electron chi connectivity index (χ0n) is 13.2. The average molecular weight is 384 g/mol. The van der Waals surface area contributed by atoms with Crippen LogP contribution in [0, 0.1) is 5.92 Å². The Morgan fingerprint density at radius 3 is 2.87 bits per heavy atom. The van der Waals surface area contributed by atoms with E-state index >= 15 is 0 Å². The number of hydrogen-bond donors (Lipinski definition) is 1. The van der Waals surface area contributed by atoms with Crippen molar-refractivity contribution in [1.29, 1.82) is 0 Å². The second-order valence-electron chi connectivity index (χ2n) is 5.92. The Hall–Kier alpha value is -1.56. The summed E-state index contributed by atoms with van der Waals surface area (Å²) in [7, 11) is 0. The molecule has 1 aliphatic heterocycles. The van der Waals surface area contributed by atoms with Crippen molar-refractivity contribution in [1.82, 2.24) is 4.90 Å². The molecule has 2 atom stereocenters. The minimum atomic E-state index is -0.779. The van der Waals surface area contributed by atoms with Crippen molar-refractivity contribution in [2.24, 2.45) is 5.92 Å². The number of likely N-dealkylation sites (tertiary alicyclic amines) is 1. The number of piperidine rings is 1. The Bertz CT molecular complexity index is 563. The lowest BCUT2D eigenvalue weighted by Gasteiger charge is -2.34. The summed E-state index contributed by atoms with van der Waals surface area (Å²) in [4.78, 5) is 25.1. The minimum Gasteiger partial charge on any atom is -0.481 e. The van der Waals surface area contributed by atoms with Gasteiger partial charge in [-0.25, -0.2) is 0 Å². The molecule has 1 saturated heterocycles. The molecule has 6 heteroatoms. The van der Waals surface area contributed by atoms with E-state index in [4.69, 9.17) is 9.84 Å². The topological polar surface area (TPSA) is 66.8 Å². The largest absolute Gasteiger partial charge is 0.481 e. The van der Waals surface area contributed by atoms with Crippen LogP contribution in [0.4, 0.5) is 0 Å². The van der Waals surface area contributed by atoms with Crippen molar-refractivity contribution >= 4 is 27.8 Å². The molecule has 0 aliphatic carbocycles. The van der Waals surface area contributed by atoms with Crippen molar-refractivity contribution in [3.05, 3.63) is 28.7 Å². The highest BCUT2D eigenvalue weighted by Crippen LogP contribution is 2.26. The fourth-order valence-corrected chi connectivity index (χ4v) is 3.24. The van der Waals surface area contributed by atoms with Crippen LogP contribution in [0.15, 0.2) is 28.7 Å². The average Bonchev–Trinajstić information content (AvgIpc) is 2.54. The molecule has 2 unspecified atom stereocenters. The Labute approximate surface area is 144 Å². The van der Waals surface area contributed by atoms with Crippen molar-refractivity contribution in [2.45, 2.75) is 38.7 Å². The summed E-state index contributed by atoms with van der Waals surface area (Å²) >= 11 is 3.41. The molecule has 1 heterocycles. The molecule has 1 N–H and O–H groups in total. The number of carboxylic acids is 1. The number of amides is 1. The highest BCUT2D eigenvalue weighted by Gasteiger charge is 2.28. The number of carboxylic acid groups (broad SMARTS) is 1. The number of rotatable bonds is 6. The van der Waals surface area contributed by atoms with Gasteiger partial charge in [0.1, 0.15) is 5.75 Å². The summed E-state index contributed by atoms with van der Waals surface area (Å²) in [6, 6.07) is 7.44. The van der Waals surface area contributed by atoms with Crippen LogP contribution in [-0.4, -0.2) is 41.1 Å². The highest BCUT2D eigenvalue weighted by atomic mass is 79.9. The Morgan fingerprint density at radius 2 is 2.17 bits per heavy atom. The number of benzene rings is 1. The lowest BCUT2D eigenvalue weighted by Crippen LogP contribution is -2.45. The quantitative estimate of drug-likeness (QED) is 0.817. The molecule has 2 rings (SSSR count). The first-order chi connectivity index (χ1) is 11.0. The Balaban J connectivity index is 1.91. The highest BCUT2D eigenvalue weighted by molar-refractivity contribution is 9.10. The molecule has 1 amide bonds. The normalized spacial score (nSPS) is 19.2. The van der Waals surface area contributed by atoms with Gasteiger partial charge in [0.15, 0.2) is 6.10 Å². The molecule has 1 fully saturated rings. The smallest absolute Gasteiger partial charge is 0.303 e. The zero-order valence-corrected chi connectivity index (χ0v) is 14.8. The van der Waals surface area contributed by atoms with E-state index in [1.165, 1.54) is 0 Å². The summed E-state index contributed by atoms with van der Waals surface area (Å²) in [6.45, 7) is 3.09. The van der Waals surface area contributed by atoms with Crippen molar-refractivity contribution in [2.75, 3.05) is 13.1 Å². The van der Waals surface area contributed by atoms with E-state index in [1.807, 2.05) is 24.3 Å². The second kappa shape index (κ2) is 8.34. The van der Waals surface area contributed by atoms with E-state index in [1.54, 1.807) is 11.8 Å². The van der Waals surface area contributed by atoms with Crippen molar-refractivity contribution < 1.29 is 19.4 Å². The molecule has 126 valence electrons.